The molecule has 0 heterocycles. The highest BCUT2D eigenvalue weighted by Crippen LogP contribution is 2.13. The summed E-state index contributed by atoms with van der Waals surface area (Å²) in [7, 11) is -1.41. The van der Waals surface area contributed by atoms with E-state index in [1.165, 1.54) is 6.26 Å². The van der Waals surface area contributed by atoms with Crippen LogP contribution in [-0.4, -0.2) is 34.1 Å². The van der Waals surface area contributed by atoms with Crippen molar-refractivity contribution >= 4 is 21.4 Å². The molecule has 132 valence electrons. The molecule has 6 heteroatoms. The molecule has 0 aliphatic carbocycles. The minimum Gasteiger partial charge on any atom is -0.381 e. The number of allylic oxidation sites excluding steroid dienone is 1. The van der Waals surface area contributed by atoms with Crippen LogP contribution in [0.4, 0.5) is 5.69 Å². The number of anilines is 1. The van der Waals surface area contributed by atoms with Crippen LogP contribution in [0.15, 0.2) is 76.3 Å². The van der Waals surface area contributed by atoms with Gasteiger partial charge in [-0.1, -0.05) is 30.3 Å². The third-order valence-corrected chi connectivity index (χ3v) is 4.71. The summed E-state index contributed by atoms with van der Waals surface area (Å²) in [6.07, 6.45) is 3.21. The quantitative estimate of drug-likeness (QED) is 0.616. The topological polar surface area (TPSA) is 70.6 Å². The number of hydrogen-bond donors (Lipinski definition) is 2. The van der Waals surface area contributed by atoms with E-state index in [1.807, 2.05) is 43.3 Å². The van der Waals surface area contributed by atoms with Gasteiger partial charge >= 0.3 is 0 Å². The summed E-state index contributed by atoms with van der Waals surface area (Å²) in [4.78, 5) is 4.60. The van der Waals surface area contributed by atoms with Crippen molar-refractivity contribution in [1.29, 1.82) is 0 Å². The van der Waals surface area contributed by atoms with Crippen LogP contribution in [0.2, 0.25) is 0 Å². The number of hydrogen-bond acceptors (Lipinski definition) is 4. The van der Waals surface area contributed by atoms with Crippen molar-refractivity contribution < 1.29 is 8.42 Å². The molecule has 2 N–H and O–H groups in total. The predicted molar refractivity (Wildman–Crippen MR) is 104 cm³/mol. The molecule has 5 nitrogen and oxygen atoms in total. The largest absolute Gasteiger partial charge is 0.381 e. The third-order valence-electron chi connectivity index (χ3n) is 3.58. The summed E-state index contributed by atoms with van der Waals surface area (Å²) in [6, 6.07) is 16.7. The smallest absolute Gasteiger partial charge is 0.175 e. The lowest BCUT2D eigenvalue weighted by Crippen LogP contribution is -2.23. The van der Waals surface area contributed by atoms with Gasteiger partial charge in [-0.3, -0.25) is 4.99 Å². The molecule has 0 bridgehead atoms. The Morgan fingerprint density at radius 2 is 1.72 bits per heavy atom. The molecule has 0 unspecified atom stereocenters. The lowest BCUT2D eigenvalue weighted by Gasteiger charge is -2.11. The Morgan fingerprint density at radius 3 is 2.28 bits per heavy atom. The van der Waals surface area contributed by atoms with E-state index in [2.05, 4.69) is 15.6 Å². The molecule has 2 aromatic carbocycles. The maximum Gasteiger partial charge on any atom is 0.175 e. The highest BCUT2D eigenvalue weighted by molar-refractivity contribution is 7.90. The molecule has 2 aromatic rings. The van der Waals surface area contributed by atoms with Gasteiger partial charge in [0.1, 0.15) is 5.84 Å². The Labute approximate surface area is 149 Å². The fourth-order valence-corrected chi connectivity index (χ4v) is 2.86. The van der Waals surface area contributed by atoms with Gasteiger partial charge in [-0.2, -0.15) is 0 Å². The second kappa shape index (κ2) is 8.48. The molecular weight excluding hydrogens is 334 g/mol. The van der Waals surface area contributed by atoms with Gasteiger partial charge in [-0.05, 0) is 37.3 Å². The van der Waals surface area contributed by atoms with Crippen LogP contribution in [0.25, 0.3) is 0 Å². The molecule has 0 atom stereocenters. The fourth-order valence-electron chi connectivity index (χ4n) is 2.23. The van der Waals surface area contributed by atoms with E-state index in [4.69, 9.17) is 0 Å². The molecule has 0 saturated carbocycles. The lowest BCUT2D eigenvalue weighted by molar-refractivity contribution is 0.602. The van der Waals surface area contributed by atoms with Crippen LogP contribution >= 0.6 is 0 Å². The number of amidine groups is 1. The Morgan fingerprint density at radius 1 is 1.08 bits per heavy atom. The number of nitrogens with one attached hydrogen (secondary N) is 2. The molecule has 0 saturated heterocycles. The number of aliphatic imine (C=N–C) groups is 1. The third kappa shape index (κ3) is 5.76. The van der Waals surface area contributed by atoms with Gasteiger partial charge in [0, 0.05) is 36.8 Å². The average Bonchev–Trinajstić information content (AvgIpc) is 2.60. The first-order chi connectivity index (χ1) is 11.9. The van der Waals surface area contributed by atoms with E-state index < -0.39 is 9.84 Å². The highest BCUT2D eigenvalue weighted by atomic mass is 32.2. The number of nitrogens with zero attached hydrogens (tertiary/aromatic N) is 1. The Kier molecular flexibility index (Phi) is 6.36. The average molecular weight is 357 g/mol. The molecule has 0 aromatic heterocycles. The summed E-state index contributed by atoms with van der Waals surface area (Å²) >= 11 is 0. The van der Waals surface area contributed by atoms with E-state index in [0.29, 0.717) is 11.4 Å². The minimum absolute atomic E-state index is 0.318. The molecular formula is C19H23N3O2S. The summed E-state index contributed by atoms with van der Waals surface area (Å²) in [5.41, 5.74) is 2.87. The van der Waals surface area contributed by atoms with E-state index in [1.54, 1.807) is 31.3 Å². The van der Waals surface area contributed by atoms with E-state index >= 15 is 0 Å². The van der Waals surface area contributed by atoms with E-state index in [-0.39, 0.29) is 0 Å². The Hall–Kier alpha value is -2.60. The SMILES string of the molecule is CN=C(N/C(C)=C\CNc1ccc(S(C)(=O)=O)cc1)c1ccccc1. The van der Waals surface area contributed by atoms with Crippen molar-refractivity contribution in [3.63, 3.8) is 0 Å². The molecule has 0 radical (unpaired) electrons. The zero-order valence-corrected chi connectivity index (χ0v) is 15.5. The first-order valence-electron chi connectivity index (χ1n) is 7.90. The van der Waals surface area contributed by atoms with Gasteiger partial charge in [0.15, 0.2) is 9.84 Å². The zero-order valence-electron chi connectivity index (χ0n) is 14.7. The summed E-state index contributed by atoms with van der Waals surface area (Å²) in [5.74, 6) is 0.812. The lowest BCUT2D eigenvalue weighted by atomic mass is 10.2. The maximum atomic E-state index is 11.4. The van der Waals surface area contributed by atoms with Crippen molar-refractivity contribution in [3.8, 4) is 0 Å². The van der Waals surface area contributed by atoms with Gasteiger partial charge in [0.2, 0.25) is 0 Å². The first kappa shape index (κ1) is 18.7. The van der Waals surface area contributed by atoms with Crippen molar-refractivity contribution in [2.75, 3.05) is 25.2 Å². The van der Waals surface area contributed by atoms with Gasteiger partial charge in [0.05, 0.1) is 4.90 Å². The summed E-state index contributed by atoms with van der Waals surface area (Å²) in [5, 5.41) is 6.52. The summed E-state index contributed by atoms with van der Waals surface area (Å²) in [6.45, 7) is 2.59. The Bertz CT molecular complexity index is 855. The number of sulfone groups is 1. The molecule has 2 rings (SSSR count). The first-order valence-corrected chi connectivity index (χ1v) is 9.79. The molecule has 0 amide bonds. The monoisotopic (exact) mass is 357 g/mol. The van der Waals surface area contributed by atoms with Crippen LogP contribution in [0.5, 0.6) is 0 Å². The van der Waals surface area contributed by atoms with Crippen LogP contribution in [0.1, 0.15) is 12.5 Å². The maximum absolute atomic E-state index is 11.4. The predicted octanol–water partition coefficient (Wildman–Crippen LogP) is 3.07. The van der Waals surface area contributed by atoms with Gasteiger partial charge in [0.25, 0.3) is 0 Å². The highest BCUT2D eigenvalue weighted by Gasteiger charge is 2.05. The van der Waals surface area contributed by atoms with Gasteiger partial charge in [-0.25, -0.2) is 8.42 Å². The molecule has 0 aliphatic rings. The molecule has 25 heavy (non-hydrogen) atoms. The number of rotatable bonds is 6. The second-order valence-electron chi connectivity index (χ2n) is 5.63. The Balaban J connectivity index is 1.93. The van der Waals surface area contributed by atoms with Gasteiger partial charge in [-0.15, -0.1) is 0 Å². The summed E-state index contributed by atoms with van der Waals surface area (Å²) < 4.78 is 22.9. The van der Waals surface area contributed by atoms with E-state index in [9.17, 15) is 8.42 Å². The van der Waals surface area contributed by atoms with Gasteiger partial charge < -0.3 is 10.6 Å². The number of benzene rings is 2. The van der Waals surface area contributed by atoms with Crippen LogP contribution in [0.3, 0.4) is 0 Å². The van der Waals surface area contributed by atoms with Crippen molar-refractivity contribution in [1.82, 2.24) is 5.32 Å². The molecule has 0 aliphatic heterocycles. The zero-order chi connectivity index (χ0) is 18.3. The molecule has 0 fully saturated rings. The van der Waals surface area contributed by atoms with Crippen LogP contribution in [-0.2, 0) is 9.84 Å². The standard InChI is InChI=1S/C19H23N3O2S/c1-15(22-19(20-2)16-7-5-4-6-8-16)13-14-21-17-9-11-18(12-10-17)25(3,23)24/h4-13,21H,14H2,1-3H3,(H,20,22)/b15-13-. The molecule has 0 spiro atoms. The van der Waals surface area contributed by atoms with Crippen molar-refractivity contribution in [2.24, 2.45) is 4.99 Å². The van der Waals surface area contributed by atoms with Crippen LogP contribution < -0.4 is 10.6 Å². The van der Waals surface area contributed by atoms with Crippen LogP contribution in [0, 0.1) is 0 Å². The fraction of sp³-hybridized carbons (Fsp3) is 0.211. The van der Waals surface area contributed by atoms with Crippen molar-refractivity contribution in [2.45, 2.75) is 11.8 Å². The minimum atomic E-state index is -3.16. The van der Waals surface area contributed by atoms with Crippen molar-refractivity contribution in [3.05, 3.63) is 71.9 Å². The second-order valence-corrected chi connectivity index (χ2v) is 7.64. The van der Waals surface area contributed by atoms with E-state index in [0.717, 1.165) is 22.8 Å². The normalized spacial score (nSPS) is 12.8.